The number of carboxylic acids is 1. The van der Waals surface area contributed by atoms with Crippen LogP contribution in [0.15, 0.2) is 71.3 Å². The van der Waals surface area contributed by atoms with Gasteiger partial charge in [-0.2, -0.15) is 13.2 Å². The number of aromatic nitrogens is 3. The molecule has 0 aliphatic carbocycles. The van der Waals surface area contributed by atoms with Gasteiger partial charge in [-0.25, -0.2) is 15.0 Å². The Labute approximate surface area is 228 Å². The largest absolute Gasteiger partial charge is 0.493 e. The first kappa shape index (κ1) is 27.2. The number of nitrogens with zero attached hydrogens (tertiary/aromatic N) is 4. The summed E-state index contributed by atoms with van der Waals surface area (Å²) in [6, 6.07) is 17.5. The summed E-state index contributed by atoms with van der Waals surface area (Å²) in [6.45, 7) is 2.56. The molecule has 1 unspecified atom stereocenters. The van der Waals surface area contributed by atoms with Crippen LogP contribution in [0.2, 0.25) is 0 Å². The van der Waals surface area contributed by atoms with Crippen molar-refractivity contribution in [2.75, 3.05) is 24.6 Å². The number of aliphatic carboxylic acids is 1. The highest BCUT2D eigenvalue weighted by molar-refractivity contribution is 5.72. The van der Waals surface area contributed by atoms with Crippen molar-refractivity contribution in [3.05, 3.63) is 89.6 Å². The van der Waals surface area contributed by atoms with Crippen molar-refractivity contribution < 1.29 is 32.2 Å². The van der Waals surface area contributed by atoms with E-state index in [9.17, 15) is 23.1 Å². The summed E-state index contributed by atoms with van der Waals surface area (Å²) in [6.07, 6.45) is -2.79. The van der Waals surface area contributed by atoms with Crippen molar-refractivity contribution in [2.45, 2.75) is 31.9 Å². The Morgan fingerprint density at radius 3 is 2.67 bits per heavy atom. The zero-order valence-corrected chi connectivity index (χ0v) is 21.6. The first-order valence-corrected chi connectivity index (χ1v) is 12.8. The average Bonchev–Trinajstić information content (AvgIpc) is 3.33. The molecule has 1 N–H and O–H groups in total. The number of hydrogen-bond acceptors (Lipinski definition) is 7. The van der Waals surface area contributed by atoms with Gasteiger partial charge < -0.3 is 19.2 Å². The molecule has 8 nitrogen and oxygen atoms in total. The third-order valence-corrected chi connectivity index (χ3v) is 6.95. The third kappa shape index (κ3) is 6.08. The van der Waals surface area contributed by atoms with Gasteiger partial charge in [0.1, 0.15) is 17.2 Å². The highest BCUT2D eigenvalue weighted by Crippen LogP contribution is 2.36. The smallest absolute Gasteiger partial charge is 0.433 e. The maximum atomic E-state index is 13.2. The van der Waals surface area contributed by atoms with Crippen LogP contribution < -0.4 is 9.64 Å². The van der Waals surface area contributed by atoms with Gasteiger partial charge in [-0.15, -0.1) is 0 Å². The van der Waals surface area contributed by atoms with E-state index in [1.165, 1.54) is 0 Å². The van der Waals surface area contributed by atoms with E-state index < -0.39 is 29.7 Å². The number of carbonyl (C=O) groups is 1. The number of carboxylic acid groups (broad SMARTS) is 1. The lowest BCUT2D eigenvalue weighted by Gasteiger charge is -2.37. The van der Waals surface area contributed by atoms with Crippen molar-refractivity contribution >= 4 is 11.9 Å². The fraction of sp³-hybridized carbons (Fsp3) is 0.310. The Morgan fingerprint density at radius 2 is 1.93 bits per heavy atom. The van der Waals surface area contributed by atoms with E-state index in [2.05, 4.69) is 15.0 Å². The lowest BCUT2D eigenvalue weighted by Crippen LogP contribution is -2.43. The number of ether oxygens (including phenoxy) is 1. The molecule has 3 heterocycles. The topological polar surface area (TPSA) is 102 Å². The number of hydrogen-bond donors (Lipinski definition) is 1. The molecular weight excluding hydrogens is 525 g/mol. The zero-order valence-electron chi connectivity index (χ0n) is 21.6. The molecule has 11 heteroatoms. The van der Waals surface area contributed by atoms with Gasteiger partial charge in [-0.1, -0.05) is 30.3 Å². The van der Waals surface area contributed by atoms with E-state index in [4.69, 9.17) is 9.15 Å². The molecule has 5 rings (SSSR count). The molecule has 0 radical (unpaired) electrons. The number of piperidine rings is 1. The summed E-state index contributed by atoms with van der Waals surface area (Å²) in [5.41, 5.74) is 1.34. The lowest BCUT2D eigenvalue weighted by atomic mass is 9.80. The van der Waals surface area contributed by atoms with Gasteiger partial charge in [0.2, 0.25) is 11.8 Å². The van der Waals surface area contributed by atoms with Gasteiger partial charge >= 0.3 is 12.1 Å². The van der Waals surface area contributed by atoms with E-state index in [0.29, 0.717) is 36.0 Å². The Kier molecular flexibility index (Phi) is 7.72. The molecule has 0 spiro atoms. The molecule has 208 valence electrons. The van der Waals surface area contributed by atoms with E-state index in [1.54, 1.807) is 29.2 Å². The number of aryl methyl sites for hydroxylation is 1. The molecular formula is C29H27F3N4O4. The summed E-state index contributed by atoms with van der Waals surface area (Å²) in [7, 11) is 0. The van der Waals surface area contributed by atoms with E-state index >= 15 is 0 Å². The maximum Gasteiger partial charge on any atom is 0.433 e. The molecule has 2 aromatic heterocycles. The van der Waals surface area contributed by atoms with Gasteiger partial charge in [-0.3, -0.25) is 4.79 Å². The van der Waals surface area contributed by atoms with Crippen LogP contribution in [0.25, 0.3) is 11.5 Å². The molecule has 2 aromatic carbocycles. The second-order valence-corrected chi connectivity index (χ2v) is 9.58. The predicted octanol–water partition coefficient (Wildman–Crippen LogP) is 5.78. The third-order valence-electron chi connectivity index (χ3n) is 6.95. The SMILES string of the molecule is Cc1oc(-c2ccccc2)nc1CCOc1cccc(C2CN(c3nccc(C(F)(F)F)n3)CC[C@@H]2C(=O)O)c1. The second-order valence-electron chi connectivity index (χ2n) is 9.58. The zero-order chi connectivity index (χ0) is 28.3. The van der Waals surface area contributed by atoms with Crippen molar-refractivity contribution in [1.82, 2.24) is 15.0 Å². The standard InChI is InChI=1S/C29H27F3N4O4/c1-18-24(34-26(40-18)19-6-3-2-4-7-19)12-15-39-21-9-5-8-20(16-21)23-17-36(14-11-22(23)27(37)38)28-33-13-10-25(35-28)29(30,31)32/h2-10,13,16,22-23H,11-12,14-15,17H2,1H3,(H,37,38)/t22-,23?/m0/s1. The molecule has 0 bridgehead atoms. The van der Waals surface area contributed by atoms with Crippen LogP contribution in [0, 0.1) is 12.8 Å². The molecule has 0 saturated carbocycles. The van der Waals surface area contributed by atoms with Gasteiger partial charge in [0.25, 0.3) is 0 Å². The highest BCUT2D eigenvalue weighted by Gasteiger charge is 2.38. The van der Waals surface area contributed by atoms with Crippen molar-refractivity contribution in [1.29, 1.82) is 0 Å². The molecule has 40 heavy (non-hydrogen) atoms. The Hall–Kier alpha value is -4.41. The highest BCUT2D eigenvalue weighted by atomic mass is 19.4. The van der Waals surface area contributed by atoms with Crippen LogP contribution >= 0.6 is 0 Å². The number of rotatable bonds is 8. The van der Waals surface area contributed by atoms with Crippen LogP contribution in [0.5, 0.6) is 5.75 Å². The first-order chi connectivity index (χ1) is 19.2. The quantitative estimate of drug-likeness (QED) is 0.294. The molecule has 1 saturated heterocycles. The van der Waals surface area contributed by atoms with E-state index in [0.717, 1.165) is 23.5 Å². The van der Waals surface area contributed by atoms with Crippen LogP contribution in [0.1, 0.15) is 35.1 Å². The fourth-order valence-corrected chi connectivity index (χ4v) is 4.89. The molecule has 0 amide bonds. The van der Waals surface area contributed by atoms with Crippen LogP contribution in [0.4, 0.5) is 19.1 Å². The first-order valence-electron chi connectivity index (χ1n) is 12.8. The number of alkyl halides is 3. The van der Waals surface area contributed by atoms with E-state index in [1.807, 2.05) is 37.3 Å². The predicted molar refractivity (Wildman–Crippen MR) is 140 cm³/mol. The van der Waals surface area contributed by atoms with Crippen LogP contribution in [-0.4, -0.2) is 45.7 Å². The van der Waals surface area contributed by atoms with Gasteiger partial charge in [-0.05, 0) is 49.2 Å². The average molecular weight is 553 g/mol. The summed E-state index contributed by atoms with van der Waals surface area (Å²) in [4.78, 5) is 26.0. The van der Waals surface area contributed by atoms with Crippen molar-refractivity contribution in [2.24, 2.45) is 5.92 Å². The number of oxazole rings is 1. The number of benzene rings is 2. The van der Waals surface area contributed by atoms with Crippen LogP contribution in [-0.2, 0) is 17.4 Å². The minimum atomic E-state index is -4.60. The van der Waals surface area contributed by atoms with E-state index in [-0.39, 0.29) is 25.5 Å². The Bertz CT molecular complexity index is 1480. The summed E-state index contributed by atoms with van der Waals surface area (Å²) >= 11 is 0. The number of anilines is 1. The maximum absolute atomic E-state index is 13.2. The Balaban J connectivity index is 1.29. The normalized spacial score (nSPS) is 17.6. The minimum absolute atomic E-state index is 0.0751. The second kappa shape index (κ2) is 11.4. The molecule has 1 aliphatic rings. The molecule has 1 fully saturated rings. The van der Waals surface area contributed by atoms with Crippen LogP contribution in [0.3, 0.4) is 0 Å². The summed E-state index contributed by atoms with van der Waals surface area (Å²) in [5, 5.41) is 9.88. The minimum Gasteiger partial charge on any atom is -0.493 e. The molecule has 1 aliphatic heterocycles. The summed E-state index contributed by atoms with van der Waals surface area (Å²) < 4.78 is 51.4. The van der Waals surface area contributed by atoms with Gasteiger partial charge in [0.05, 0.1) is 18.2 Å². The fourth-order valence-electron chi connectivity index (χ4n) is 4.89. The van der Waals surface area contributed by atoms with Crippen molar-refractivity contribution in [3.63, 3.8) is 0 Å². The summed E-state index contributed by atoms with van der Waals surface area (Å²) in [5.74, 6) is -0.448. The number of halogens is 3. The van der Waals surface area contributed by atoms with Crippen molar-refractivity contribution in [3.8, 4) is 17.2 Å². The van der Waals surface area contributed by atoms with Gasteiger partial charge in [0, 0.05) is 37.2 Å². The lowest BCUT2D eigenvalue weighted by molar-refractivity contribution is -0.143. The molecule has 2 atom stereocenters. The monoisotopic (exact) mass is 552 g/mol. The Morgan fingerprint density at radius 1 is 1.12 bits per heavy atom. The van der Waals surface area contributed by atoms with Gasteiger partial charge in [0.15, 0.2) is 0 Å². The molecule has 4 aromatic rings.